The lowest BCUT2D eigenvalue weighted by atomic mass is 9.69. The zero-order chi connectivity index (χ0) is 51.5. The Labute approximate surface area is 450 Å². The number of hydrogen-bond donors (Lipinski definition) is 0. The summed E-state index contributed by atoms with van der Waals surface area (Å²) < 4.78 is 10.9. The summed E-state index contributed by atoms with van der Waals surface area (Å²) in [6, 6.07) is 103. The number of benzene rings is 12. The fraction of sp³-hybridized carbons (Fsp3) is 0.0400. The second-order valence-corrected chi connectivity index (χ2v) is 20.3. The van der Waals surface area contributed by atoms with Gasteiger partial charge in [-0.15, -0.1) is 0 Å². The van der Waals surface area contributed by atoms with E-state index in [9.17, 15) is 0 Å². The van der Waals surface area contributed by atoms with E-state index in [2.05, 4.69) is 255 Å². The minimum atomic E-state index is -0.659. The number of rotatable bonds is 10. The molecule has 14 rings (SSSR count). The van der Waals surface area contributed by atoms with Crippen LogP contribution in [0.4, 0.5) is 0 Å². The Kier molecular flexibility index (Phi) is 11.2. The molecule has 0 saturated carbocycles. The first-order valence-electron chi connectivity index (χ1n) is 26.4. The van der Waals surface area contributed by atoms with Gasteiger partial charge in [-0.05, 0) is 182 Å². The summed E-state index contributed by atoms with van der Waals surface area (Å²) in [6.45, 7) is 0. The topological polar surface area (TPSA) is 18.5 Å². The molecular weight excluding hydrogens is 933 g/mol. The van der Waals surface area contributed by atoms with Crippen LogP contribution >= 0.6 is 0 Å². The highest BCUT2D eigenvalue weighted by molar-refractivity contribution is 5.99. The smallest absolute Gasteiger partial charge is 0.118 e. The van der Waals surface area contributed by atoms with E-state index in [1.807, 2.05) is 24.3 Å². The van der Waals surface area contributed by atoms with Gasteiger partial charge in [-0.2, -0.15) is 0 Å². The lowest BCUT2D eigenvalue weighted by Gasteiger charge is -2.32. The van der Waals surface area contributed by atoms with E-state index < -0.39 is 5.41 Å². The molecule has 2 aliphatic carbocycles. The largest absolute Gasteiger partial charge is 0.497 e. The molecule has 2 nitrogen and oxygen atoms in total. The highest BCUT2D eigenvalue weighted by Crippen LogP contribution is 2.64. The normalized spacial score (nSPS) is 12.4. The first kappa shape index (κ1) is 45.8. The molecule has 0 unspecified atom stereocenters. The number of ether oxygens (including phenoxy) is 2. The van der Waals surface area contributed by atoms with Crippen molar-refractivity contribution in [1.82, 2.24) is 0 Å². The molecule has 0 aromatic heterocycles. The summed E-state index contributed by atoms with van der Waals surface area (Å²) >= 11 is 0. The van der Waals surface area contributed by atoms with Crippen LogP contribution in [0.25, 0.3) is 111 Å². The van der Waals surface area contributed by atoms with Gasteiger partial charge in [0, 0.05) is 0 Å². The summed E-state index contributed by atoms with van der Waals surface area (Å²) in [4.78, 5) is 0. The third kappa shape index (κ3) is 7.88. The Balaban J connectivity index is 0.969. The van der Waals surface area contributed by atoms with E-state index in [1.54, 1.807) is 14.2 Å². The predicted octanol–water partition coefficient (Wildman–Crippen LogP) is 19.4. The van der Waals surface area contributed by atoms with Crippen LogP contribution in [0, 0.1) is 0 Å². The van der Waals surface area contributed by atoms with Gasteiger partial charge in [0.25, 0.3) is 0 Å². The lowest BCUT2D eigenvalue weighted by molar-refractivity contribution is 0.415. The van der Waals surface area contributed by atoms with Gasteiger partial charge in [-0.3, -0.25) is 0 Å². The molecule has 0 atom stereocenters. The second-order valence-electron chi connectivity index (χ2n) is 20.3. The van der Waals surface area contributed by atoms with Gasteiger partial charge in [0.1, 0.15) is 11.5 Å². The molecule has 0 fully saturated rings. The second kappa shape index (κ2) is 18.9. The van der Waals surface area contributed by atoms with Crippen molar-refractivity contribution in [3.63, 3.8) is 0 Å². The SMILES string of the molecule is COc1ccc(-c2ccc(-c3ccc4c(c3)C3(c5cc(-c6ccc(-c7ccccc7)cc6)ccc5-4)c4cc(-c5ccc(-c6ccccc6)cc5)ccc4-c4ccc(-c5ccc(-c6ccc(OC)cc6)cc5)cc43)cc2)cc1. The first-order valence-corrected chi connectivity index (χ1v) is 26.4. The molecule has 364 valence electrons. The van der Waals surface area contributed by atoms with Gasteiger partial charge in [-0.1, -0.05) is 231 Å². The van der Waals surface area contributed by atoms with Crippen LogP contribution in [0.2, 0.25) is 0 Å². The van der Waals surface area contributed by atoms with Crippen LogP contribution in [-0.2, 0) is 5.41 Å². The van der Waals surface area contributed by atoms with Crippen molar-refractivity contribution in [1.29, 1.82) is 0 Å². The Morgan fingerprint density at radius 1 is 0.195 bits per heavy atom. The third-order valence-corrected chi connectivity index (χ3v) is 16.2. The first-order chi connectivity index (χ1) is 38.0. The highest BCUT2D eigenvalue weighted by atomic mass is 16.5. The van der Waals surface area contributed by atoms with Gasteiger partial charge >= 0.3 is 0 Å². The van der Waals surface area contributed by atoms with Gasteiger partial charge in [0.15, 0.2) is 0 Å². The molecule has 2 heteroatoms. The molecule has 12 aromatic rings. The van der Waals surface area contributed by atoms with E-state index >= 15 is 0 Å². The fourth-order valence-electron chi connectivity index (χ4n) is 12.2. The Morgan fingerprint density at radius 2 is 0.377 bits per heavy atom. The van der Waals surface area contributed by atoms with Crippen molar-refractivity contribution in [2.24, 2.45) is 0 Å². The van der Waals surface area contributed by atoms with Crippen molar-refractivity contribution >= 4 is 0 Å². The van der Waals surface area contributed by atoms with E-state index in [-0.39, 0.29) is 0 Å². The van der Waals surface area contributed by atoms with E-state index in [0.29, 0.717) is 0 Å². The van der Waals surface area contributed by atoms with Crippen molar-refractivity contribution < 1.29 is 9.47 Å². The molecule has 0 radical (unpaired) electrons. The molecule has 0 N–H and O–H groups in total. The van der Waals surface area contributed by atoms with Gasteiger partial charge in [0.2, 0.25) is 0 Å². The number of hydrogen-bond acceptors (Lipinski definition) is 2. The van der Waals surface area contributed by atoms with Crippen molar-refractivity contribution in [3.8, 4) is 123 Å². The minimum absolute atomic E-state index is 0.659. The molecule has 0 bridgehead atoms. The fourth-order valence-corrected chi connectivity index (χ4v) is 12.2. The van der Waals surface area contributed by atoms with Gasteiger partial charge < -0.3 is 9.47 Å². The van der Waals surface area contributed by atoms with E-state index in [1.165, 1.54) is 122 Å². The molecule has 0 saturated heterocycles. The number of fused-ring (bicyclic) bond motifs is 10. The average molecular weight is 985 g/mol. The predicted molar refractivity (Wildman–Crippen MR) is 319 cm³/mol. The summed E-state index contributed by atoms with van der Waals surface area (Å²) in [5.74, 6) is 1.70. The standard InChI is InChI=1S/C75H52O2/c1-76-65-37-29-55(30-38-65)53-17-25-59(26-18-53)63-35-43-69-67-41-33-61(57-21-13-51(14-22-57)49-9-5-3-6-10-49)45-71(67)75(73(69)47-63)72-46-62(58-23-15-52(16-24-58)50-11-7-4-8-12-50)34-42-68(72)70-44-36-64(48-74(70)75)60-27-19-54(20-28-60)56-31-39-66(77-2)40-32-56/h3-48H,1-2H3. The van der Waals surface area contributed by atoms with Crippen molar-refractivity contribution in [2.45, 2.75) is 5.41 Å². The van der Waals surface area contributed by atoms with Crippen molar-refractivity contribution in [2.75, 3.05) is 14.2 Å². The van der Waals surface area contributed by atoms with Crippen LogP contribution in [0.3, 0.4) is 0 Å². The Morgan fingerprint density at radius 3 is 0.597 bits per heavy atom. The minimum Gasteiger partial charge on any atom is -0.497 e. The van der Waals surface area contributed by atoms with Crippen LogP contribution in [0.15, 0.2) is 279 Å². The molecule has 0 heterocycles. The van der Waals surface area contributed by atoms with Crippen LogP contribution in [0.5, 0.6) is 11.5 Å². The zero-order valence-corrected chi connectivity index (χ0v) is 42.9. The Bertz CT molecular complexity index is 3860. The van der Waals surface area contributed by atoms with Crippen LogP contribution < -0.4 is 9.47 Å². The lowest BCUT2D eigenvalue weighted by Crippen LogP contribution is -2.26. The molecule has 0 aliphatic heterocycles. The maximum absolute atomic E-state index is 5.47. The molecule has 2 aliphatic rings. The van der Waals surface area contributed by atoms with E-state index in [0.717, 1.165) is 22.6 Å². The summed E-state index contributed by atoms with van der Waals surface area (Å²) in [6.07, 6.45) is 0. The summed E-state index contributed by atoms with van der Waals surface area (Å²) in [7, 11) is 3.42. The molecular formula is C75H52O2. The average Bonchev–Trinajstić information content (AvgIpc) is 4.07. The Hall–Kier alpha value is -9.76. The summed E-state index contributed by atoms with van der Waals surface area (Å²) in [5.41, 5.74) is 28.5. The maximum Gasteiger partial charge on any atom is 0.118 e. The van der Waals surface area contributed by atoms with E-state index in [4.69, 9.17) is 9.47 Å². The maximum atomic E-state index is 5.47. The third-order valence-electron chi connectivity index (χ3n) is 16.2. The number of methoxy groups -OCH3 is 2. The summed E-state index contributed by atoms with van der Waals surface area (Å²) in [5, 5.41) is 0. The quantitative estimate of drug-likeness (QED) is 0.136. The molecule has 0 amide bonds. The van der Waals surface area contributed by atoms with Crippen molar-refractivity contribution in [3.05, 3.63) is 301 Å². The molecule has 77 heavy (non-hydrogen) atoms. The molecule has 1 spiro atoms. The molecule has 12 aromatic carbocycles. The van der Waals surface area contributed by atoms with Crippen LogP contribution in [-0.4, -0.2) is 14.2 Å². The zero-order valence-electron chi connectivity index (χ0n) is 42.9. The highest BCUT2D eigenvalue weighted by Gasteiger charge is 2.52. The monoisotopic (exact) mass is 984 g/mol. The van der Waals surface area contributed by atoms with Crippen LogP contribution in [0.1, 0.15) is 22.3 Å². The van der Waals surface area contributed by atoms with Gasteiger partial charge in [-0.25, -0.2) is 0 Å². The van der Waals surface area contributed by atoms with Gasteiger partial charge in [0.05, 0.1) is 19.6 Å².